The highest BCUT2D eigenvalue weighted by Crippen LogP contribution is 2.50. The highest BCUT2D eigenvalue weighted by atomic mass is 32.1. The monoisotopic (exact) mass is 388 g/mol. The lowest BCUT2D eigenvalue weighted by molar-refractivity contribution is -0.134. The average molecular weight is 388 g/mol. The van der Waals surface area contributed by atoms with Gasteiger partial charge in [-0.2, -0.15) is 5.10 Å². The Kier molecular flexibility index (Phi) is 5.01. The number of amides is 2. The van der Waals surface area contributed by atoms with E-state index in [4.69, 9.17) is 0 Å². The van der Waals surface area contributed by atoms with E-state index in [1.54, 1.807) is 27.3 Å². The lowest BCUT2D eigenvalue weighted by Crippen LogP contribution is -2.38. The van der Waals surface area contributed by atoms with Crippen molar-refractivity contribution in [1.29, 1.82) is 0 Å². The number of nitrogens with zero attached hydrogens (tertiary/aromatic N) is 3. The summed E-state index contributed by atoms with van der Waals surface area (Å²) in [5.74, 6) is 0.398. The number of hydrogen-bond acceptors (Lipinski definition) is 5. The van der Waals surface area contributed by atoms with E-state index >= 15 is 0 Å². The van der Waals surface area contributed by atoms with Crippen molar-refractivity contribution in [2.45, 2.75) is 31.8 Å². The maximum absolute atomic E-state index is 12.8. The molecular weight excluding hydrogens is 364 g/mol. The van der Waals surface area contributed by atoms with Crippen molar-refractivity contribution >= 4 is 23.2 Å². The fourth-order valence-electron chi connectivity index (χ4n) is 3.76. The first kappa shape index (κ1) is 18.2. The highest BCUT2D eigenvalue weighted by molar-refractivity contribution is 7.10. The molecule has 0 bridgehead atoms. The molecule has 0 aromatic carbocycles. The molecule has 0 radical (unpaired) electrons. The Bertz CT molecular complexity index is 819. The molecule has 2 fully saturated rings. The molecule has 3 heterocycles. The van der Waals surface area contributed by atoms with Crippen LogP contribution in [0.3, 0.4) is 0 Å². The van der Waals surface area contributed by atoms with Gasteiger partial charge in [0.25, 0.3) is 0 Å². The van der Waals surface area contributed by atoms with Crippen LogP contribution < -0.4 is 0 Å². The summed E-state index contributed by atoms with van der Waals surface area (Å²) in [5, 5.41) is 19.2. The molecule has 2 aliphatic rings. The van der Waals surface area contributed by atoms with Crippen LogP contribution in [0.1, 0.15) is 28.5 Å². The molecule has 7 nitrogen and oxygen atoms in total. The van der Waals surface area contributed by atoms with E-state index in [2.05, 4.69) is 16.3 Å². The van der Waals surface area contributed by atoms with Crippen LogP contribution in [0, 0.1) is 12.8 Å². The maximum atomic E-state index is 12.8. The van der Waals surface area contributed by atoms with Crippen LogP contribution >= 0.6 is 11.3 Å². The SMILES string of the molecule is Cc1[nH]ncc1CC(=O)N1CCN(C(=O)[C@@H]2C[C@H]2c2cccs2)CC(O)C1. The molecule has 144 valence electrons. The summed E-state index contributed by atoms with van der Waals surface area (Å²) < 4.78 is 0. The van der Waals surface area contributed by atoms with E-state index in [0.29, 0.717) is 25.6 Å². The predicted octanol–water partition coefficient (Wildman–Crippen LogP) is 1.16. The van der Waals surface area contributed by atoms with Crippen LogP contribution in [0.15, 0.2) is 23.7 Å². The third kappa shape index (κ3) is 3.91. The van der Waals surface area contributed by atoms with Crippen molar-refractivity contribution in [3.63, 3.8) is 0 Å². The minimum Gasteiger partial charge on any atom is -0.389 e. The number of carbonyl (C=O) groups is 2. The first-order valence-corrected chi connectivity index (χ1v) is 10.2. The second kappa shape index (κ2) is 7.44. The van der Waals surface area contributed by atoms with Gasteiger partial charge in [-0.3, -0.25) is 14.7 Å². The Labute approximate surface area is 162 Å². The van der Waals surface area contributed by atoms with E-state index in [1.807, 2.05) is 18.4 Å². The van der Waals surface area contributed by atoms with Crippen molar-refractivity contribution in [1.82, 2.24) is 20.0 Å². The van der Waals surface area contributed by atoms with Gasteiger partial charge in [-0.05, 0) is 24.8 Å². The minimum absolute atomic E-state index is 0.0201. The first-order valence-electron chi connectivity index (χ1n) is 9.30. The zero-order chi connectivity index (χ0) is 19.0. The van der Waals surface area contributed by atoms with Gasteiger partial charge in [0.2, 0.25) is 11.8 Å². The maximum Gasteiger partial charge on any atom is 0.227 e. The highest BCUT2D eigenvalue weighted by Gasteiger charge is 2.46. The van der Waals surface area contributed by atoms with E-state index < -0.39 is 6.10 Å². The van der Waals surface area contributed by atoms with Gasteiger partial charge in [0.05, 0.1) is 18.7 Å². The van der Waals surface area contributed by atoms with Gasteiger partial charge in [0.1, 0.15) is 0 Å². The molecule has 0 spiro atoms. The normalized spacial score (nSPS) is 25.3. The van der Waals surface area contributed by atoms with Gasteiger partial charge >= 0.3 is 0 Å². The summed E-state index contributed by atoms with van der Waals surface area (Å²) in [6, 6.07) is 4.10. The summed E-state index contributed by atoms with van der Waals surface area (Å²) in [6.45, 7) is 3.36. The summed E-state index contributed by atoms with van der Waals surface area (Å²) in [4.78, 5) is 30.1. The fourth-order valence-corrected chi connectivity index (χ4v) is 4.67. The predicted molar refractivity (Wildman–Crippen MR) is 101 cm³/mol. The van der Waals surface area contributed by atoms with Gasteiger partial charge < -0.3 is 14.9 Å². The largest absolute Gasteiger partial charge is 0.389 e. The summed E-state index contributed by atoms with van der Waals surface area (Å²) in [7, 11) is 0. The average Bonchev–Trinajstić information content (AvgIpc) is 3.14. The molecule has 1 saturated carbocycles. The number of aromatic amines is 1. The van der Waals surface area contributed by atoms with Crippen molar-refractivity contribution in [2.75, 3.05) is 26.2 Å². The van der Waals surface area contributed by atoms with Crippen LogP contribution in [0.25, 0.3) is 0 Å². The van der Waals surface area contributed by atoms with Crippen LogP contribution in [0.5, 0.6) is 0 Å². The molecule has 1 aliphatic carbocycles. The zero-order valence-corrected chi connectivity index (χ0v) is 16.1. The van der Waals surface area contributed by atoms with Crippen LogP contribution in [-0.2, 0) is 16.0 Å². The lowest BCUT2D eigenvalue weighted by atomic mass is 10.1. The van der Waals surface area contributed by atoms with E-state index in [-0.39, 0.29) is 30.7 Å². The molecular formula is C19H24N4O3S. The van der Waals surface area contributed by atoms with Crippen LogP contribution in [0.2, 0.25) is 0 Å². The molecule has 1 unspecified atom stereocenters. The molecule has 2 aromatic rings. The molecule has 3 atom stereocenters. The van der Waals surface area contributed by atoms with Gasteiger partial charge in [-0.1, -0.05) is 6.07 Å². The molecule has 1 aliphatic heterocycles. The Morgan fingerprint density at radius 1 is 1.33 bits per heavy atom. The number of thiophene rings is 1. The fraction of sp³-hybridized carbons (Fsp3) is 0.526. The quantitative estimate of drug-likeness (QED) is 0.822. The number of aromatic nitrogens is 2. The van der Waals surface area contributed by atoms with E-state index in [0.717, 1.165) is 17.7 Å². The minimum atomic E-state index is -0.718. The molecule has 2 N–H and O–H groups in total. The summed E-state index contributed by atoms with van der Waals surface area (Å²) >= 11 is 1.69. The Hall–Kier alpha value is -2.19. The van der Waals surface area contributed by atoms with Crippen molar-refractivity contribution in [3.8, 4) is 0 Å². The van der Waals surface area contributed by atoms with E-state index in [1.165, 1.54) is 4.88 Å². The van der Waals surface area contributed by atoms with Crippen molar-refractivity contribution in [2.24, 2.45) is 5.92 Å². The zero-order valence-electron chi connectivity index (χ0n) is 15.3. The number of aryl methyl sites for hydroxylation is 1. The molecule has 27 heavy (non-hydrogen) atoms. The van der Waals surface area contributed by atoms with E-state index in [9.17, 15) is 14.7 Å². The van der Waals surface area contributed by atoms with Crippen LogP contribution in [0.4, 0.5) is 0 Å². The number of nitrogens with one attached hydrogen (secondary N) is 1. The third-order valence-corrected chi connectivity index (χ3v) is 6.46. The number of H-pyrrole nitrogens is 1. The molecule has 1 saturated heterocycles. The Balaban J connectivity index is 1.36. The third-order valence-electron chi connectivity index (χ3n) is 5.46. The van der Waals surface area contributed by atoms with Gasteiger partial charge in [0, 0.05) is 54.1 Å². The first-order chi connectivity index (χ1) is 13.0. The standard InChI is InChI=1S/C19H24N4O3S/c1-12-13(9-20-21-12)7-18(25)22-4-5-23(11-14(24)10-22)19(26)16-8-15(16)17-3-2-6-27-17/h2-3,6,9,14-16,24H,4-5,7-8,10-11H2,1H3,(H,20,21)/t14?,15-,16-/m1/s1. The number of rotatable bonds is 4. The van der Waals surface area contributed by atoms with Crippen LogP contribution in [-0.4, -0.2) is 69.2 Å². The Morgan fingerprint density at radius 2 is 2.11 bits per heavy atom. The number of aliphatic hydroxyl groups is 1. The van der Waals surface area contributed by atoms with Crippen molar-refractivity contribution < 1.29 is 14.7 Å². The second-order valence-electron chi connectivity index (χ2n) is 7.44. The number of carbonyl (C=O) groups excluding carboxylic acids is 2. The van der Waals surface area contributed by atoms with Gasteiger partial charge in [0.15, 0.2) is 0 Å². The molecule has 4 rings (SSSR count). The molecule has 2 aromatic heterocycles. The summed E-state index contributed by atoms with van der Waals surface area (Å²) in [6.07, 6.45) is 2.08. The van der Waals surface area contributed by atoms with Gasteiger partial charge in [-0.15, -0.1) is 11.3 Å². The number of hydrogen-bond donors (Lipinski definition) is 2. The number of β-amino-alcohol motifs (C(OH)–C–C–N with tert-alkyl or cyclic N) is 1. The molecule has 8 heteroatoms. The van der Waals surface area contributed by atoms with Crippen molar-refractivity contribution in [3.05, 3.63) is 39.8 Å². The smallest absolute Gasteiger partial charge is 0.227 e. The van der Waals surface area contributed by atoms with Gasteiger partial charge in [-0.25, -0.2) is 0 Å². The second-order valence-corrected chi connectivity index (χ2v) is 8.42. The topological polar surface area (TPSA) is 89.5 Å². The molecule has 2 amide bonds. The number of aliphatic hydroxyl groups excluding tert-OH is 1. The summed E-state index contributed by atoms with van der Waals surface area (Å²) in [5.41, 5.74) is 1.74. The Morgan fingerprint density at radius 3 is 2.81 bits per heavy atom. The lowest BCUT2D eigenvalue weighted by Gasteiger charge is -2.22.